The van der Waals surface area contributed by atoms with Crippen LogP contribution in [0.5, 0.6) is 17.2 Å². The van der Waals surface area contributed by atoms with E-state index in [0.717, 1.165) is 0 Å². The van der Waals surface area contributed by atoms with Crippen molar-refractivity contribution in [2.45, 2.75) is 13.2 Å². The third kappa shape index (κ3) is 4.17. The number of aliphatic hydroxyl groups is 2. The van der Waals surface area contributed by atoms with Crippen LogP contribution in [0.4, 0.5) is 0 Å². The van der Waals surface area contributed by atoms with Crippen LogP contribution in [0, 0.1) is 0 Å². The van der Waals surface area contributed by atoms with Gasteiger partial charge in [-0.15, -0.1) is 0 Å². The molecule has 0 saturated heterocycles. The van der Waals surface area contributed by atoms with E-state index in [0.29, 0.717) is 33.8 Å². The molecule has 6 nitrogen and oxygen atoms in total. The van der Waals surface area contributed by atoms with Crippen molar-refractivity contribution >= 4 is 11.9 Å². The topological polar surface area (TPSA) is 96.2 Å². The number of rotatable bonds is 7. The smallest absolute Gasteiger partial charge is 0.185 e. The van der Waals surface area contributed by atoms with E-state index in [9.17, 15) is 20.1 Å². The standard InChI is InChI=1S/C19H20O6/c1-24-18-6-4-12(7-17(18)23)3-5-16(22)13-8-14(10-20)15(11-21)19(9-13)25-2/h3-9,20-21,23H,10-11H2,1-2H3/b5-3+. The maximum atomic E-state index is 12.4. The van der Waals surface area contributed by atoms with Gasteiger partial charge in [-0.1, -0.05) is 12.1 Å². The molecule has 25 heavy (non-hydrogen) atoms. The number of carbonyl (C=O) groups is 1. The van der Waals surface area contributed by atoms with Gasteiger partial charge in [0.25, 0.3) is 0 Å². The Morgan fingerprint density at radius 1 is 1.04 bits per heavy atom. The molecule has 0 aliphatic carbocycles. The Morgan fingerprint density at radius 3 is 2.32 bits per heavy atom. The zero-order valence-electron chi connectivity index (χ0n) is 14.0. The summed E-state index contributed by atoms with van der Waals surface area (Å²) in [5.41, 5.74) is 1.84. The van der Waals surface area contributed by atoms with E-state index < -0.39 is 0 Å². The average Bonchev–Trinajstić information content (AvgIpc) is 2.64. The molecular weight excluding hydrogens is 324 g/mol. The molecule has 0 fully saturated rings. The fourth-order valence-electron chi connectivity index (χ4n) is 2.43. The predicted octanol–water partition coefficient (Wildman–Crippen LogP) is 2.29. The van der Waals surface area contributed by atoms with Crippen molar-refractivity contribution in [3.63, 3.8) is 0 Å². The van der Waals surface area contributed by atoms with Crippen molar-refractivity contribution in [1.82, 2.24) is 0 Å². The fraction of sp³-hybridized carbons (Fsp3) is 0.211. The molecule has 0 aliphatic rings. The highest BCUT2D eigenvalue weighted by Crippen LogP contribution is 2.28. The summed E-state index contributed by atoms with van der Waals surface area (Å²) in [6, 6.07) is 7.83. The zero-order valence-corrected chi connectivity index (χ0v) is 14.0. The lowest BCUT2D eigenvalue weighted by molar-refractivity contribution is 0.104. The molecule has 3 N–H and O–H groups in total. The van der Waals surface area contributed by atoms with Crippen LogP contribution >= 0.6 is 0 Å². The SMILES string of the molecule is COc1ccc(/C=C/C(=O)c2cc(CO)c(CO)c(OC)c2)cc1O. The maximum absolute atomic E-state index is 12.4. The third-order valence-electron chi connectivity index (χ3n) is 3.76. The minimum absolute atomic E-state index is 0.0198. The number of hydrogen-bond acceptors (Lipinski definition) is 6. The lowest BCUT2D eigenvalue weighted by Gasteiger charge is -2.12. The van der Waals surface area contributed by atoms with E-state index >= 15 is 0 Å². The van der Waals surface area contributed by atoms with Gasteiger partial charge in [0.2, 0.25) is 0 Å². The van der Waals surface area contributed by atoms with Gasteiger partial charge in [-0.05, 0) is 41.5 Å². The third-order valence-corrected chi connectivity index (χ3v) is 3.76. The Bertz CT molecular complexity index is 769. The molecular formula is C19H20O6. The Morgan fingerprint density at radius 2 is 1.76 bits per heavy atom. The highest BCUT2D eigenvalue weighted by Gasteiger charge is 2.13. The first kappa shape index (κ1) is 18.5. The molecule has 2 aromatic carbocycles. The van der Waals surface area contributed by atoms with Gasteiger partial charge < -0.3 is 24.8 Å². The van der Waals surface area contributed by atoms with Crippen molar-refractivity contribution in [3.05, 3.63) is 58.7 Å². The molecule has 0 heterocycles. The van der Waals surface area contributed by atoms with Crippen molar-refractivity contribution < 1.29 is 29.6 Å². The van der Waals surface area contributed by atoms with E-state index in [-0.39, 0.29) is 24.7 Å². The second-order valence-electron chi connectivity index (χ2n) is 5.26. The van der Waals surface area contributed by atoms with Crippen LogP contribution in [-0.2, 0) is 13.2 Å². The van der Waals surface area contributed by atoms with Gasteiger partial charge in [0.1, 0.15) is 5.75 Å². The number of hydrogen-bond donors (Lipinski definition) is 3. The normalized spacial score (nSPS) is 10.9. The van der Waals surface area contributed by atoms with Crippen LogP contribution in [0.15, 0.2) is 36.4 Å². The molecule has 0 bridgehead atoms. The number of carbonyl (C=O) groups excluding carboxylic acids is 1. The summed E-state index contributed by atoms with van der Waals surface area (Å²) in [6.07, 6.45) is 2.92. The number of aliphatic hydroxyl groups excluding tert-OH is 2. The monoisotopic (exact) mass is 344 g/mol. The number of ether oxygens (including phenoxy) is 2. The second kappa shape index (κ2) is 8.32. The lowest BCUT2D eigenvalue weighted by Crippen LogP contribution is -2.03. The summed E-state index contributed by atoms with van der Waals surface area (Å²) >= 11 is 0. The van der Waals surface area contributed by atoms with Crippen LogP contribution < -0.4 is 9.47 Å². The van der Waals surface area contributed by atoms with E-state index in [1.807, 2.05) is 0 Å². The fourth-order valence-corrected chi connectivity index (χ4v) is 2.43. The number of ketones is 1. The summed E-state index contributed by atoms with van der Waals surface area (Å²) in [5, 5.41) is 28.6. The molecule has 0 unspecified atom stereocenters. The maximum Gasteiger partial charge on any atom is 0.185 e. The summed E-state index contributed by atoms with van der Waals surface area (Å²) in [4.78, 5) is 12.4. The Hall–Kier alpha value is -2.83. The van der Waals surface area contributed by atoms with Gasteiger partial charge in [-0.3, -0.25) is 4.79 Å². The van der Waals surface area contributed by atoms with Gasteiger partial charge in [-0.25, -0.2) is 0 Å². The zero-order chi connectivity index (χ0) is 18.4. The minimum atomic E-state index is -0.316. The summed E-state index contributed by atoms with van der Waals surface area (Å²) in [7, 11) is 2.89. The van der Waals surface area contributed by atoms with Gasteiger partial charge in [-0.2, -0.15) is 0 Å². The van der Waals surface area contributed by atoms with Crippen molar-refractivity contribution in [3.8, 4) is 17.2 Å². The molecule has 0 amide bonds. The molecule has 2 aromatic rings. The van der Waals surface area contributed by atoms with E-state index in [4.69, 9.17) is 9.47 Å². The number of allylic oxidation sites excluding steroid dienone is 1. The van der Waals surface area contributed by atoms with Crippen LogP contribution in [0.3, 0.4) is 0 Å². The second-order valence-corrected chi connectivity index (χ2v) is 5.26. The first-order chi connectivity index (χ1) is 12.0. The van der Waals surface area contributed by atoms with E-state index in [1.54, 1.807) is 18.2 Å². The highest BCUT2D eigenvalue weighted by atomic mass is 16.5. The molecule has 6 heteroatoms. The summed E-state index contributed by atoms with van der Waals surface area (Å²) in [5.74, 6) is 0.370. The largest absolute Gasteiger partial charge is 0.504 e. The molecule has 0 saturated carbocycles. The molecule has 132 valence electrons. The van der Waals surface area contributed by atoms with Gasteiger partial charge in [0.15, 0.2) is 17.3 Å². The highest BCUT2D eigenvalue weighted by molar-refractivity contribution is 6.07. The Balaban J connectivity index is 2.30. The molecule has 0 aliphatic heterocycles. The summed E-state index contributed by atoms with van der Waals surface area (Å²) < 4.78 is 10.1. The van der Waals surface area contributed by atoms with E-state index in [2.05, 4.69) is 0 Å². The minimum Gasteiger partial charge on any atom is -0.504 e. The van der Waals surface area contributed by atoms with Crippen molar-refractivity contribution in [1.29, 1.82) is 0 Å². The van der Waals surface area contributed by atoms with Gasteiger partial charge >= 0.3 is 0 Å². The number of aromatic hydroxyl groups is 1. The Labute approximate surface area is 145 Å². The number of phenols is 1. The lowest BCUT2D eigenvalue weighted by atomic mass is 10.0. The first-order valence-electron chi connectivity index (χ1n) is 7.55. The van der Waals surface area contributed by atoms with Gasteiger partial charge in [0.05, 0.1) is 27.4 Å². The van der Waals surface area contributed by atoms with Crippen LogP contribution in [-0.4, -0.2) is 35.3 Å². The predicted molar refractivity (Wildman–Crippen MR) is 92.9 cm³/mol. The van der Waals surface area contributed by atoms with Crippen molar-refractivity contribution in [2.24, 2.45) is 0 Å². The van der Waals surface area contributed by atoms with E-state index in [1.165, 1.54) is 38.5 Å². The molecule has 0 aromatic heterocycles. The molecule has 2 rings (SSSR count). The molecule has 0 radical (unpaired) electrons. The average molecular weight is 344 g/mol. The first-order valence-corrected chi connectivity index (χ1v) is 7.55. The number of phenolic OH excluding ortho intramolecular Hbond substituents is 1. The van der Waals surface area contributed by atoms with Gasteiger partial charge in [0, 0.05) is 11.1 Å². The number of benzene rings is 2. The summed E-state index contributed by atoms with van der Waals surface area (Å²) in [6.45, 7) is -0.613. The van der Waals surface area contributed by atoms with Crippen LogP contribution in [0.1, 0.15) is 27.0 Å². The molecule has 0 spiro atoms. The molecule has 0 atom stereocenters. The van der Waals surface area contributed by atoms with Crippen molar-refractivity contribution in [2.75, 3.05) is 14.2 Å². The number of methoxy groups -OCH3 is 2. The van der Waals surface area contributed by atoms with Crippen LogP contribution in [0.25, 0.3) is 6.08 Å². The van der Waals surface area contributed by atoms with Crippen LogP contribution in [0.2, 0.25) is 0 Å². The quantitative estimate of drug-likeness (QED) is 0.527. The Kier molecular flexibility index (Phi) is 6.16.